The minimum Gasteiger partial charge on any atom is -0.462 e. The van der Waals surface area contributed by atoms with Crippen molar-refractivity contribution in [2.45, 2.75) is 309 Å². The molecule has 0 aromatic heterocycles. The maximum absolute atomic E-state index is 12.9. The molecule has 0 spiro atoms. The Hall–Kier alpha value is -2.63. The van der Waals surface area contributed by atoms with Crippen molar-refractivity contribution < 1.29 is 28.6 Å². The average molecular weight is 940 g/mol. The van der Waals surface area contributed by atoms with Crippen molar-refractivity contribution in [2.24, 2.45) is 0 Å². The highest BCUT2D eigenvalue weighted by Crippen LogP contribution is 2.16. The van der Waals surface area contributed by atoms with Gasteiger partial charge in [0.15, 0.2) is 6.10 Å². The van der Waals surface area contributed by atoms with Crippen LogP contribution < -0.4 is 0 Å². The van der Waals surface area contributed by atoms with Crippen LogP contribution in [0.5, 0.6) is 0 Å². The summed E-state index contributed by atoms with van der Waals surface area (Å²) < 4.78 is 16.9. The summed E-state index contributed by atoms with van der Waals surface area (Å²) >= 11 is 0. The highest BCUT2D eigenvalue weighted by atomic mass is 16.6. The molecule has 0 bridgehead atoms. The van der Waals surface area contributed by atoms with Crippen LogP contribution in [0.25, 0.3) is 0 Å². The molecule has 0 rings (SSSR count). The monoisotopic (exact) mass is 939 g/mol. The van der Waals surface area contributed by atoms with Crippen LogP contribution in [0.4, 0.5) is 0 Å². The number of hydrogen-bond acceptors (Lipinski definition) is 6. The molecule has 0 aromatic carbocycles. The van der Waals surface area contributed by atoms with Gasteiger partial charge in [0.25, 0.3) is 0 Å². The Morgan fingerprint density at radius 3 is 0.910 bits per heavy atom. The molecule has 6 nitrogen and oxygen atoms in total. The Morgan fingerprint density at radius 2 is 0.567 bits per heavy atom. The van der Waals surface area contributed by atoms with E-state index < -0.39 is 6.10 Å². The standard InChI is InChI=1S/C61H110O6/c1-4-7-10-13-16-19-22-25-27-29-30-32-33-36-39-42-45-48-51-54-60(63)66-57-58(56-65-59(62)53-50-47-44-41-38-35-24-21-18-15-12-9-6-3)67-61(64)55-52-49-46-43-40-37-34-31-28-26-23-20-17-14-11-8-5-2/h12,15,17,20-21,24,26,28,58H,4-11,13-14,16,18-19,22-23,25,27,29-57H2,1-3H3/b15-12-,20-17-,24-21-,28-26-. The molecule has 390 valence electrons. The van der Waals surface area contributed by atoms with E-state index in [1.54, 1.807) is 0 Å². The number of hydrogen-bond donors (Lipinski definition) is 0. The third-order valence-corrected chi connectivity index (χ3v) is 12.8. The van der Waals surface area contributed by atoms with Crippen LogP contribution in [0, 0.1) is 0 Å². The van der Waals surface area contributed by atoms with Gasteiger partial charge in [-0.05, 0) is 77.0 Å². The molecule has 1 atom stereocenters. The highest BCUT2D eigenvalue weighted by Gasteiger charge is 2.19. The Kier molecular flexibility index (Phi) is 53.8. The topological polar surface area (TPSA) is 78.9 Å². The van der Waals surface area contributed by atoms with E-state index in [9.17, 15) is 14.4 Å². The fourth-order valence-electron chi connectivity index (χ4n) is 8.39. The van der Waals surface area contributed by atoms with Gasteiger partial charge in [0.1, 0.15) is 13.2 Å². The second kappa shape index (κ2) is 56.0. The number of allylic oxidation sites excluding steroid dienone is 8. The third kappa shape index (κ3) is 54.2. The number of rotatable bonds is 53. The largest absolute Gasteiger partial charge is 0.462 e. The van der Waals surface area contributed by atoms with Crippen molar-refractivity contribution in [1.82, 2.24) is 0 Å². The zero-order chi connectivity index (χ0) is 48.6. The Labute approximate surface area is 416 Å². The minimum absolute atomic E-state index is 0.0780. The quantitative estimate of drug-likeness (QED) is 0.0262. The molecule has 0 saturated carbocycles. The summed E-state index contributed by atoms with van der Waals surface area (Å²) in [5.41, 5.74) is 0. The van der Waals surface area contributed by atoms with Gasteiger partial charge in [-0.15, -0.1) is 0 Å². The summed E-state index contributed by atoms with van der Waals surface area (Å²) in [6.07, 6.45) is 68.1. The molecule has 0 aliphatic carbocycles. The number of esters is 3. The fraction of sp³-hybridized carbons (Fsp3) is 0.820. The molecule has 0 aliphatic rings. The molecule has 0 radical (unpaired) electrons. The lowest BCUT2D eigenvalue weighted by Gasteiger charge is -2.18. The maximum Gasteiger partial charge on any atom is 0.306 e. The van der Waals surface area contributed by atoms with Crippen molar-refractivity contribution in [3.63, 3.8) is 0 Å². The molecular formula is C61H110O6. The van der Waals surface area contributed by atoms with E-state index in [1.165, 1.54) is 167 Å². The lowest BCUT2D eigenvalue weighted by molar-refractivity contribution is -0.167. The van der Waals surface area contributed by atoms with Crippen molar-refractivity contribution in [3.8, 4) is 0 Å². The first kappa shape index (κ1) is 64.4. The Balaban J connectivity index is 4.34. The van der Waals surface area contributed by atoms with Gasteiger partial charge in [-0.25, -0.2) is 0 Å². The van der Waals surface area contributed by atoms with E-state index in [2.05, 4.69) is 69.4 Å². The minimum atomic E-state index is -0.781. The summed E-state index contributed by atoms with van der Waals surface area (Å²) in [6, 6.07) is 0. The van der Waals surface area contributed by atoms with Crippen molar-refractivity contribution in [1.29, 1.82) is 0 Å². The predicted molar refractivity (Wildman–Crippen MR) is 289 cm³/mol. The van der Waals surface area contributed by atoms with Crippen LogP contribution >= 0.6 is 0 Å². The van der Waals surface area contributed by atoms with Crippen molar-refractivity contribution in [3.05, 3.63) is 48.6 Å². The van der Waals surface area contributed by atoms with Gasteiger partial charge in [0, 0.05) is 19.3 Å². The van der Waals surface area contributed by atoms with Crippen LogP contribution in [0.2, 0.25) is 0 Å². The average Bonchev–Trinajstić information content (AvgIpc) is 3.33. The van der Waals surface area contributed by atoms with E-state index in [1.807, 2.05) is 0 Å². The van der Waals surface area contributed by atoms with Crippen molar-refractivity contribution >= 4 is 17.9 Å². The smallest absolute Gasteiger partial charge is 0.306 e. The second-order valence-electron chi connectivity index (χ2n) is 19.6. The summed E-state index contributed by atoms with van der Waals surface area (Å²) in [5.74, 6) is -0.886. The summed E-state index contributed by atoms with van der Waals surface area (Å²) in [6.45, 7) is 6.57. The van der Waals surface area contributed by atoms with Gasteiger partial charge >= 0.3 is 17.9 Å². The van der Waals surface area contributed by atoms with Crippen molar-refractivity contribution in [2.75, 3.05) is 13.2 Å². The van der Waals surface area contributed by atoms with E-state index >= 15 is 0 Å². The molecule has 6 heteroatoms. The first-order valence-corrected chi connectivity index (χ1v) is 29.1. The fourth-order valence-corrected chi connectivity index (χ4v) is 8.39. The lowest BCUT2D eigenvalue weighted by atomic mass is 10.0. The lowest BCUT2D eigenvalue weighted by Crippen LogP contribution is -2.30. The van der Waals surface area contributed by atoms with Gasteiger partial charge in [-0.3, -0.25) is 14.4 Å². The zero-order valence-electron chi connectivity index (χ0n) is 44.7. The van der Waals surface area contributed by atoms with Crippen LogP contribution in [-0.4, -0.2) is 37.2 Å². The Morgan fingerprint density at radius 1 is 0.299 bits per heavy atom. The van der Waals surface area contributed by atoms with Gasteiger partial charge in [0.2, 0.25) is 0 Å². The second-order valence-corrected chi connectivity index (χ2v) is 19.6. The SMILES string of the molecule is CCC/C=C\C/C=C\CCCCCCCC(=O)OCC(COC(=O)CCCCCCCCCCCCCCCCCCCCC)OC(=O)CCCCCCCCC/C=C\C/C=C\CCCCC. The van der Waals surface area contributed by atoms with Gasteiger partial charge in [-0.2, -0.15) is 0 Å². The number of ether oxygens (including phenoxy) is 3. The first-order valence-electron chi connectivity index (χ1n) is 29.1. The summed E-state index contributed by atoms with van der Waals surface area (Å²) in [7, 11) is 0. The molecule has 1 unspecified atom stereocenters. The highest BCUT2D eigenvalue weighted by molar-refractivity contribution is 5.71. The summed E-state index contributed by atoms with van der Waals surface area (Å²) in [5, 5.41) is 0. The van der Waals surface area contributed by atoms with E-state index in [4.69, 9.17) is 14.2 Å². The molecule has 0 N–H and O–H groups in total. The maximum atomic E-state index is 12.9. The van der Waals surface area contributed by atoms with Crippen LogP contribution in [0.1, 0.15) is 303 Å². The number of carbonyl (C=O) groups is 3. The summed E-state index contributed by atoms with van der Waals surface area (Å²) in [4.78, 5) is 38.1. The van der Waals surface area contributed by atoms with Gasteiger partial charge in [-0.1, -0.05) is 256 Å². The van der Waals surface area contributed by atoms with Crippen LogP contribution in [-0.2, 0) is 28.6 Å². The molecule has 0 saturated heterocycles. The van der Waals surface area contributed by atoms with Crippen LogP contribution in [0.15, 0.2) is 48.6 Å². The molecule has 0 aromatic rings. The normalized spacial score (nSPS) is 12.3. The Bertz CT molecular complexity index is 1170. The first-order chi connectivity index (χ1) is 33.0. The predicted octanol–water partition coefficient (Wildman–Crippen LogP) is 19.4. The van der Waals surface area contributed by atoms with Crippen LogP contribution in [0.3, 0.4) is 0 Å². The number of carbonyl (C=O) groups excluding carboxylic acids is 3. The van der Waals surface area contributed by atoms with E-state index in [-0.39, 0.29) is 31.1 Å². The molecular weight excluding hydrogens is 829 g/mol. The molecule has 0 heterocycles. The van der Waals surface area contributed by atoms with Gasteiger partial charge < -0.3 is 14.2 Å². The molecule has 0 fully saturated rings. The van der Waals surface area contributed by atoms with Gasteiger partial charge in [0.05, 0.1) is 0 Å². The molecule has 0 amide bonds. The van der Waals surface area contributed by atoms with E-state index in [0.29, 0.717) is 19.3 Å². The van der Waals surface area contributed by atoms with E-state index in [0.717, 1.165) is 96.3 Å². The molecule has 67 heavy (non-hydrogen) atoms. The zero-order valence-corrected chi connectivity index (χ0v) is 44.7. The third-order valence-electron chi connectivity index (χ3n) is 12.8. The number of unbranched alkanes of at least 4 members (excludes halogenated alkanes) is 34. The molecule has 0 aliphatic heterocycles.